The molecule has 0 aromatic carbocycles. The van der Waals surface area contributed by atoms with E-state index in [-0.39, 0.29) is 12.4 Å². The summed E-state index contributed by atoms with van der Waals surface area (Å²) in [5.41, 5.74) is 0. The molecule has 0 saturated carbocycles. The minimum atomic E-state index is 0. The van der Waals surface area contributed by atoms with Gasteiger partial charge in [0.15, 0.2) is 0 Å². The maximum Gasteiger partial charge on any atom is 0.0780 e. The van der Waals surface area contributed by atoms with E-state index >= 15 is 0 Å². The SMILES string of the molecule is CCCCCCCCCCCCCCCCCCCCCCCCCCCCCCCCCCCCCCCCCCCCCCCC[N+](C)(C)C.[Cl-]. The highest BCUT2D eigenvalue weighted by Crippen LogP contribution is 2.18. The van der Waals surface area contributed by atoms with Crippen molar-refractivity contribution in [3.63, 3.8) is 0 Å². The Hall–Kier alpha value is 0.250. The molecule has 0 rings (SSSR count). The van der Waals surface area contributed by atoms with Crippen LogP contribution in [0.5, 0.6) is 0 Å². The molecular formula is C51H106ClN. The summed E-state index contributed by atoms with van der Waals surface area (Å²) in [5.74, 6) is 0. The number of hydrogen-bond acceptors (Lipinski definition) is 0. The van der Waals surface area contributed by atoms with Gasteiger partial charge in [0.1, 0.15) is 0 Å². The second-order valence-electron chi connectivity index (χ2n) is 18.9. The fraction of sp³-hybridized carbons (Fsp3) is 1.00. The molecule has 0 aromatic rings. The third kappa shape index (κ3) is 54.4. The van der Waals surface area contributed by atoms with Gasteiger partial charge < -0.3 is 16.9 Å². The summed E-state index contributed by atoms with van der Waals surface area (Å²) in [6.45, 7) is 3.65. The molecule has 0 bridgehead atoms. The van der Waals surface area contributed by atoms with Crippen LogP contribution in [0.1, 0.15) is 302 Å². The number of unbranched alkanes of at least 4 members (excludes halogenated alkanes) is 45. The van der Waals surface area contributed by atoms with E-state index in [0.717, 1.165) is 4.48 Å². The second kappa shape index (κ2) is 48.4. The minimum absolute atomic E-state index is 0. The highest BCUT2D eigenvalue weighted by molar-refractivity contribution is 4.54. The maximum atomic E-state index is 2.31. The number of nitrogens with zero attached hydrogens (tertiary/aromatic N) is 1. The molecule has 322 valence electrons. The summed E-state index contributed by atoms with van der Waals surface area (Å²) in [6, 6.07) is 0. The molecule has 0 unspecified atom stereocenters. The van der Waals surface area contributed by atoms with E-state index in [9.17, 15) is 0 Å². The Kier molecular flexibility index (Phi) is 50.5. The van der Waals surface area contributed by atoms with E-state index in [1.165, 1.54) is 302 Å². The molecule has 53 heavy (non-hydrogen) atoms. The van der Waals surface area contributed by atoms with E-state index in [0.29, 0.717) is 0 Å². The fourth-order valence-electron chi connectivity index (χ4n) is 8.44. The molecule has 0 spiro atoms. The number of rotatable bonds is 47. The van der Waals surface area contributed by atoms with Gasteiger partial charge in [-0.25, -0.2) is 0 Å². The molecular weight excluding hydrogens is 662 g/mol. The monoisotopic (exact) mass is 768 g/mol. The lowest BCUT2D eigenvalue weighted by Crippen LogP contribution is -3.00. The molecule has 0 amide bonds. The molecule has 0 atom stereocenters. The van der Waals surface area contributed by atoms with Crippen LogP contribution >= 0.6 is 0 Å². The molecule has 0 aliphatic carbocycles. The first-order valence-corrected chi connectivity index (χ1v) is 25.4. The topological polar surface area (TPSA) is 0 Å². The quantitative estimate of drug-likeness (QED) is 0.0427. The van der Waals surface area contributed by atoms with Crippen molar-refractivity contribution < 1.29 is 16.9 Å². The average molecular weight is 769 g/mol. The Morgan fingerprint density at radius 1 is 0.189 bits per heavy atom. The van der Waals surface area contributed by atoms with Crippen molar-refractivity contribution in [3.05, 3.63) is 0 Å². The van der Waals surface area contributed by atoms with Crippen LogP contribution in [-0.2, 0) is 0 Å². The molecule has 0 radical (unpaired) electrons. The predicted octanol–water partition coefficient (Wildman–Crippen LogP) is 15.7. The molecule has 0 fully saturated rings. The zero-order chi connectivity index (χ0) is 37.7. The predicted molar refractivity (Wildman–Crippen MR) is 241 cm³/mol. The third-order valence-electron chi connectivity index (χ3n) is 12.2. The van der Waals surface area contributed by atoms with Gasteiger partial charge in [-0.1, -0.05) is 289 Å². The van der Waals surface area contributed by atoms with Gasteiger partial charge in [0.05, 0.1) is 27.7 Å². The van der Waals surface area contributed by atoms with E-state index < -0.39 is 0 Å². The molecule has 0 saturated heterocycles. The lowest BCUT2D eigenvalue weighted by molar-refractivity contribution is -0.870. The van der Waals surface area contributed by atoms with Crippen LogP contribution in [0.4, 0.5) is 0 Å². The van der Waals surface area contributed by atoms with Gasteiger partial charge in [-0.15, -0.1) is 0 Å². The minimum Gasteiger partial charge on any atom is -1.00 e. The molecule has 0 aliphatic rings. The molecule has 2 heteroatoms. The van der Waals surface area contributed by atoms with Gasteiger partial charge in [-0.2, -0.15) is 0 Å². The van der Waals surface area contributed by atoms with Crippen molar-refractivity contribution in [2.45, 2.75) is 302 Å². The molecule has 0 aliphatic heterocycles. The van der Waals surface area contributed by atoms with Crippen molar-refractivity contribution >= 4 is 0 Å². The fourth-order valence-corrected chi connectivity index (χ4v) is 8.44. The van der Waals surface area contributed by atoms with Gasteiger partial charge >= 0.3 is 0 Å². The first-order chi connectivity index (χ1) is 25.6. The molecule has 0 N–H and O–H groups in total. The van der Waals surface area contributed by atoms with Crippen LogP contribution in [0, 0.1) is 0 Å². The summed E-state index contributed by atoms with van der Waals surface area (Å²) in [4.78, 5) is 0. The number of hydrogen-bond donors (Lipinski definition) is 0. The van der Waals surface area contributed by atoms with Crippen molar-refractivity contribution in [2.24, 2.45) is 0 Å². The largest absolute Gasteiger partial charge is 1.00 e. The van der Waals surface area contributed by atoms with Crippen LogP contribution in [0.15, 0.2) is 0 Å². The van der Waals surface area contributed by atoms with Crippen molar-refractivity contribution in [2.75, 3.05) is 27.7 Å². The average Bonchev–Trinajstić information content (AvgIpc) is 3.12. The smallest absolute Gasteiger partial charge is 0.0780 e. The zero-order valence-corrected chi connectivity index (χ0v) is 38.8. The molecule has 1 nitrogen and oxygen atoms in total. The van der Waals surface area contributed by atoms with Gasteiger partial charge in [-0.3, -0.25) is 0 Å². The van der Waals surface area contributed by atoms with Crippen LogP contribution in [-0.4, -0.2) is 32.2 Å². The summed E-state index contributed by atoms with van der Waals surface area (Å²) in [6.07, 6.45) is 68.3. The zero-order valence-electron chi connectivity index (χ0n) is 38.1. The van der Waals surface area contributed by atoms with Gasteiger partial charge in [0.25, 0.3) is 0 Å². The lowest BCUT2D eigenvalue weighted by atomic mass is 10.0. The van der Waals surface area contributed by atoms with Crippen molar-refractivity contribution in [3.8, 4) is 0 Å². The Bertz CT molecular complexity index is 612. The van der Waals surface area contributed by atoms with Crippen molar-refractivity contribution in [1.82, 2.24) is 0 Å². The Morgan fingerprint density at radius 2 is 0.302 bits per heavy atom. The van der Waals surface area contributed by atoms with E-state index in [1.54, 1.807) is 0 Å². The summed E-state index contributed by atoms with van der Waals surface area (Å²) < 4.78 is 1.12. The standard InChI is InChI=1S/C51H106N.ClH/c1-5-6-7-8-9-10-11-12-13-14-15-16-17-18-19-20-21-22-23-24-25-26-27-28-29-30-31-32-33-34-35-36-37-38-39-40-41-42-43-44-45-46-47-48-49-50-51-52(2,3)4;/h5-51H2,1-4H3;1H/q+1;/p-1. The summed E-state index contributed by atoms with van der Waals surface area (Å²) >= 11 is 0. The van der Waals surface area contributed by atoms with E-state index in [2.05, 4.69) is 28.1 Å². The first-order valence-electron chi connectivity index (χ1n) is 25.4. The van der Waals surface area contributed by atoms with Crippen LogP contribution in [0.2, 0.25) is 0 Å². The van der Waals surface area contributed by atoms with Gasteiger partial charge in [0.2, 0.25) is 0 Å². The summed E-state index contributed by atoms with van der Waals surface area (Å²) in [5, 5.41) is 0. The number of quaternary nitrogens is 1. The van der Waals surface area contributed by atoms with E-state index in [4.69, 9.17) is 0 Å². The first kappa shape index (κ1) is 55.3. The Labute approximate surface area is 345 Å². The maximum absolute atomic E-state index is 2.31. The normalized spacial score (nSPS) is 11.8. The van der Waals surface area contributed by atoms with Crippen LogP contribution in [0.25, 0.3) is 0 Å². The Balaban J connectivity index is 0. The highest BCUT2D eigenvalue weighted by Gasteiger charge is 2.05. The van der Waals surface area contributed by atoms with Gasteiger partial charge in [0, 0.05) is 0 Å². The molecule has 0 heterocycles. The number of halogens is 1. The van der Waals surface area contributed by atoms with Crippen molar-refractivity contribution in [1.29, 1.82) is 0 Å². The second-order valence-corrected chi connectivity index (χ2v) is 18.9. The highest BCUT2D eigenvalue weighted by atomic mass is 35.5. The third-order valence-corrected chi connectivity index (χ3v) is 12.2. The van der Waals surface area contributed by atoms with Crippen LogP contribution in [0.3, 0.4) is 0 Å². The Morgan fingerprint density at radius 3 is 0.415 bits per heavy atom. The molecule has 0 aromatic heterocycles. The lowest BCUT2D eigenvalue weighted by Gasteiger charge is -2.23. The summed E-state index contributed by atoms with van der Waals surface area (Å²) in [7, 11) is 6.94. The van der Waals surface area contributed by atoms with E-state index in [1.807, 2.05) is 0 Å². The van der Waals surface area contributed by atoms with Crippen LogP contribution < -0.4 is 12.4 Å². The van der Waals surface area contributed by atoms with Gasteiger partial charge in [-0.05, 0) is 12.8 Å².